The first kappa shape index (κ1) is 17.2. The van der Waals surface area contributed by atoms with Gasteiger partial charge in [-0.05, 0) is 36.3 Å². The van der Waals surface area contributed by atoms with Gasteiger partial charge in [0.15, 0.2) is 0 Å². The summed E-state index contributed by atoms with van der Waals surface area (Å²) in [5.74, 6) is 0. The van der Waals surface area contributed by atoms with Gasteiger partial charge in [0.1, 0.15) is 0 Å². The summed E-state index contributed by atoms with van der Waals surface area (Å²) in [6.45, 7) is 2.10. The third-order valence-corrected chi connectivity index (χ3v) is 5.16. The minimum Gasteiger partial charge on any atom is -0.252 e. The number of rotatable bonds is 5. The van der Waals surface area contributed by atoms with Crippen LogP contribution < -0.4 is 5.43 Å². The zero-order valence-electron chi connectivity index (χ0n) is 15.0. The first-order valence-electron chi connectivity index (χ1n) is 8.78. The minimum absolute atomic E-state index is 0.787. The van der Waals surface area contributed by atoms with Crippen molar-refractivity contribution in [1.29, 1.82) is 0 Å². The Labute approximate surface area is 162 Å². The number of para-hydroxylation sites is 1. The first-order valence-corrected chi connectivity index (χ1v) is 9.60. The van der Waals surface area contributed by atoms with Crippen molar-refractivity contribution in [2.45, 2.75) is 6.92 Å². The highest BCUT2D eigenvalue weighted by atomic mass is 32.1. The smallest absolute Gasteiger partial charge is 0.204 e. The summed E-state index contributed by atoms with van der Waals surface area (Å²) in [5.41, 5.74) is 8.39. The van der Waals surface area contributed by atoms with Crippen molar-refractivity contribution in [2.75, 3.05) is 5.43 Å². The Bertz CT molecular complexity index is 1060. The normalized spacial score (nSPS) is 12.3. The lowest BCUT2D eigenvalue weighted by Crippen LogP contribution is -2.02. The number of hydrogen-bond donors (Lipinski definition) is 1. The van der Waals surface area contributed by atoms with Crippen molar-refractivity contribution in [2.24, 2.45) is 5.10 Å². The Morgan fingerprint density at radius 1 is 0.852 bits per heavy atom. The summed E-state index contributed by atoms with van der Waals surface area (Å²) in [6.07, 6.45) is 2.10. The molecule has 132 valence electrons. The van der Waals surface area contributed by atoms with Crippen molar-refractivity contribution < 1.29 is 0 Å². The highest BCUT2D eigenvalue weighted by Crippen LogP contribution is 2.25. The number of fused-ring (bicyclic) bond motifs is 1. The number of hydrazone groups is 1. The summed E-state index contributed by atoms with van der Waals surface area (Å²) in [6, 6.07) is 28.6. The van der Waals surface area contributed by atoms with Crippen LogP contribution in [0.4, 0.5) is 5.13 Å². The standard InChI is InChI=1S/C23H19N3S/c1-17(18-10-4-2-5-11-18)16-21(19-12-6-3-7-13-19)25-26-23-24-20-14-8-9-15-22(20)27-23/h2-16H,1H3,(H,24,26)/b17-16+,25-21+. The van der Waals surface area contributed by atoms with Gasteiger partial charge in [0.2, 0.25) is 5.13 Å². The van der Waals surface area contributed by atoms with Crippen LogP contribution in [0.15, 0.2) is 96.1 Å². The minimum atomic E-state index is 0.787. The second-order valence-electron chi connectivity index (χ2n) is 6.15. The molecule has 0 saturated heterocycles. The van der Waals surface area contributed by atoms with Crippen molar-refractivity contribution in [3.05, 3.63) is 102 Å². The second kappa shape index (κ2) is 7.98. The molecule has 4 heteroatoms. The molecule has 0 saturated carbocycles. The third kappa shape index (κ3) is 4.13. The van der Waals surface area contributed by atoms with E-state index in [1.807, 2.05) is 54.6 Å². The number of allylic oxidation sites excluding steroid dienone is 2. The van der Waals surface area contributed by atoms with Crippen molar-refractivity contribution in [3.63, 3.8) is 0 Å². The molecule has 0 amide bonds. The fraction of sp³-hybridized carbons (Fsp3) is 0.0435. The molecule has 1 heterocycles. The van der Waals surface area contributed by atoms with E-state index in [-0.39, 0.29) is 0 Å². The lowest BCUT2D eigenvalue weighted by molar-refractivity contribution is 1.30. The molecule has 27 heavy (non-hydrogen) atoms. The largest absolute Gasteiger partial charge is 0.252 e. The average molecular weight is 369 g/mol. The molecule has 0 bridgehead atoms. The van der Waals surface area contributed by atoms with E-state index in [1.54, 1.807) is 11.3 Å². The van der Waals surface area contributed by atoms with Gasteiger partial charge >= 0.3 is 0 Å². The van der Waals surface area contributed by atoms with Gasteiger partial charge in [-0.25, -0.2) is 4.98 Å². The highest BCUT2D eigenvalue weighted by molar-refractivity contribution is 7.22. The molecular weight excluding hydrogens is 350 g/mol. The van der Waals surface area contributed by atoms with Crippen LogP contribution in [0, 0.1) is 0 Å². The topological polar surface area (TPSA) is 37.3 Å². The molecule has 0 radical (unpaired) electrons. The Morgan fingerprint density at radius 2 is 1.48 bits per heavy atom. The van der Waals surface area contributed by atoms with Crippen LogP contribution >= 0.6 is 11.3 Å². The zero-order chi connectivity index (χ0) is 18.5. The molecule has 4 rings (SSSR count). The number of anilines is 1. The predicted octanol–water partition coefficient (Wildman–Crippen LogP) is 6.22. The maximum atomic E-state index is 4.66. The van der Waals surface area contributed by atoms with E-state index >= 15 is 0 Å². The molecule has 0 aliphatic carbocycles. The van der Waals surface area contributed by atoms with Gasteiger partial charge in [-0.3, -0.25) is 5.43 Å². The van der Waals surface area contributed by atoms with Crippen LogP contribution in [-0.4, -0.2) is 10.7 Å². The summed E-state index contributed by atoms with van der Waals surface area (Å²) in [7, 11) is 0. The summed E-state index contributed by atoms with van der Waals surface area (Å²) < 4.78 is 1.15. The molecule has 0 unspecified atom stereocenters. The lowest BCUT2D eigenvalue weighted by atomic mass is 10.0. The summed E-state index contributed by atoms with van der Waals surface area (Å²) in [5, 5.41) is 5.45. The van der Waals surface area contributed by atoms with Gasteiger partial charge < -0.3 is 0 Å². The fourth-order valence-corrected chi connectivity index (χ4v) is 3.62. The number of hydrogen-bond acceptors (Lipinski definition) is 4. The molecule has 1 aromatic heterocycles. The molecule has 0 atom stereocenters. The van der Waals surface area contributed by atoms with E-state index in [1.165, 1.54) is 5.56 Å². The van der Waals surface area contributed by atoms with Crippen molar-refractivity contribution in [3.8, 4) is 0 Å². The molecule has 3 aromatic carbocycles. The highest BCUT2D eigenvalue weighted by Gasteiger charge is 2.05. The van der Waals surface area contributed by atoms with Gasteiger partial charge in [-0.2, -0.15) is 5.10 Å². The van der Waals surface area contributed by atoms with E-state index in [4.69, 9.17) is 0 Å². The van der Waals surface area contributed by atoms with Crippen LogP contribution in [0.3, 0.4) is 0 Å². The average Bonchev–Trinajstić information content (AvgIpc) is 3.15. The van der Waals surface area contributed by atoms with E-state index in [0.717, 1.165) is 32.2 Å². The maximum absolute atomic E-state index is 4.66. The van der Waals surface area contributed by atoms with Crippen LogP contribution in [0.25, 0.3) is 15.8 Å². The molecule has 1 N–H and O–H groups in total. The van der Waals surface area contributed by atoms with Gasteiger partial charge in [0, 0.05) is 5.56 Å². The van der Waals surface area contributed by atoms with Gasteiger partial charge in [0.25, 0.3) is 0 Å². The Kier molecular flexibility index (Phi) is 5.08. The van der Waals surface area contributed by atoms with Gasteiger partial charge in [0.05, 0.1) is 15.9 Å². The lowest BCUT2D eigenvalue weighted by Gasteiger charge is -2.06. The SMILES string of the molecule is C/C(=C\C(=N/Nc1nc2ccccc2s1)c1ccccc1)c1ccccc1. The first-order chi connectivity index (χ1) is 13.3. The van der Waals surface area contributed by atoms with Gasteiger partial charge in [-0.1, -0.05) is 84.1 Å². The molecule has 0 aliphatic rings. The summed E-state index contributed by atoms with van der Waals surface area (Å²) in [4.78, 5) is 4.60. The van der Waals surface area contributed by atoms with Crippen LogP contribution in [0.1, 0.15) is 18.1 Å². The molecule has 4 aromatic rings. The van der Waals surface area contributed by atoms with Crippen LogP contribution in [0.2, 0.25) is 0 Å². The Hall–Kier alpha value is -3.24. The van der Waals surface area contributed by atoms with Crippen molar-refractivity contribution >= 4 is 38.0 Å². The zero-order valence-corrected chi connectivity index (χ0v) is 15.8. The number of thiazole rings is 1. The fourth-order valence-electron chi connectivity index (χ4n) is 2.81. The van der Waals surface area contributed by atoms with Gasteiger partial charge in [-0.15, -0.1) is 0 Å². The third-order valence-electron chi connectivity index (χ3n) is 4.22. The number of nitrogens with one attached hydrogen (secondary N) is 1. The summed E-state index contributed by atoms with van der Waals surface area (Å²) >= 11 is 1.60. The number of benzene rings is 3. The van der Waals surface area contributed by atoms with Crippen LogP contribution in [0.5, 0.6) is 0 Å². The number of nitrogens with zero attached hydrogens (tertiary/aromatic N) is 2. The predicted molar refractivity (Wildman–Crippen MR) is 116 cm³/mol. The maximum Gasteiger partial charge on any atom is 0.204 e. The molecule has 0 aliphatic heterocycles. The number of aromatic nitrogens is 1. The molecular formula is C23H19N3S. The molecule has 3 nitrogen and oxygen atoms in total. The van der Waals surface area contributed by atoms with E-state index in [2.05, 4.69) is 58.8 Å². The molecule has 0 spiro atoms. The Balaban J connectivity index is 1.68. The van der Waals surface area contributed by atoms with E-state index in [0.29, 0.717) is 0 Å². The monoisotopic (exact) mass is 369 g/mol. The van der Waals surface area contributed by atoms with Crippen molar-refractivity contribution in [1.82, 2.24) is 4.98 Å². The van der Waals surface area contributed by atoms with E-state index < -0.39 is 0 Å². The quantitative estimate of drug-likeness (QED) is 0.335. The second-order valence-corrected chi connectivity index (χ2v) is 7.19. The van der Waals surface area contributed by atoms with E-state index in [9.17, 15) is 0 Å². The molecule has 0 fully saturated rings. The Morgan fingerprint density at radius 3 is 2.19 bits per heavy atom. The van der Waals surface area contributed by atoms with Crippen LogP contribution in [-0.2, 0) is 0 Å².